The quantitative estimate of drug-likeness (QED) is 0.778. The van der Waals surface area contributed by atoms with E-state index in [0.29, 0.717) is 11.8 Å². The average molecular weight is 223 g/mol. The van der Waals surface area contributed by atoms with Gasteiger partial charge >= 0.3 is 0 Å². The minimum Gasteiger partial charge on any atom is -0.481 e. The first-order valence-electron chi connectivity index (χ1n) is 5.42. The van der Waals surface area contributed by atoms with E-state index in [4.69, 9.17) is 4.74 Å². The van der Waals surface area contributed by atoms with E-state index >= 15 is 0 Å². The molecule has 0 spiro atoms. The van der Waals surface area contributed by atoms with E-state index < -0.39 is 0 Å². The third-order valence-electron chi connectivity index (χ3n) is 2.95. The molecule has 0 aromatic carbocycles. The molecule has 0 atom stereocenters. The molecule has 1 aromatic heterocycles. The van der Waals surface area contributed by atoms with Gasteiger partial charge in [-0.2, -0.15) is 4.98 Å². The molecule has 0 radical (unpaired) electrons. The van der Waals surface area contributed by atoms with Gasteiger partial charge < -0.3 is 15.2 Å². The van der Waals surface area contributed by atoms with Gasteiger partial charge in [0.25, 0.3) is 0 Å². The first kappa shape index (κ1) is 11.1. The molecule has 1 aliphatic carbocycles. The molecular formula is C11H17N3O2. The van der Waals surface area contributed by atoms with Gasteiger partial charge in [-0.15, -0.1) is 0 Å². The van der Waals surface area contributed by atoms with Crippen LogP contribution in [0.1, 0.15) is 18.5 Å². The van der Waals surface area contributed by atoms with Crippen molar-refractivity contribution in [1.29, 1.82) is 0 Å². The molecule has 88 valence electrons. The number of anilines is 1. The summed E-state index contributed by atoms with van der Waals surface area (Å²) in [6, 6.07) is 1.78. The minimum atomic E-state index is 0.0559. The van der Waals surface area contributed by atoms with E-state index in [1.165, 1.54) is 0 Å². The number of nitrogens with one attached hydrogen (secondary N) is 1. The second-order valence-corrected chi connectivity index (χ2v) is 4.39. The van der Waals surface area contributed by atoms with Crippen LogP contribution >= 0.6 is 0 Å². The Morgan fingerprint density at radius 1 is 1.50 bits per heavy atom. The lowest BCUT2D eigenvalue weighted by Crippen LogP contribution is -2.20. The second kappa shape index (κ2) is 4.25. The highest BCUT2D eigenvalue weighted by atomic mass is 16.5. The topological polar surface area (TPSA) is 67.3 Å². The molecule has 1 aromatic rings. The first-order valence-corrected chi connectivity index (χ1v) is 5.42. The van der Waals surface area contributed by atoms with Gasteiger partial charge in [-0.25, -0.2) is 4.98 Å². The summed E-state index contributed by atoms with van der Waals surface area (Å²) in [6.07, 6.45) is 2.14. The van der Waals surface area contributed by atoms with E-state index in [1.807, 2.05) is 6.92 Å². The molecule has 1 aliphatic rings. The van der Waals surface area contributed by atoms with Crippen molar-refractivity contribution in [1.82, 2.24) is 9.97 Å². The van der Waals surface area contributed by atoms with Crippen LogP contribution in [0.4, 0.5) is 5.95 Å². The van der Waals surface area contributed by atoms with Crippen LogP contribution in [0, 0.1) is 12.3 Å². The molecule has 5 nitrogen and oxygen atoms in total. The van der Waals surface area contributed by atoms with E-state index in [0.717, 1.165) is 25.1 Å². The molecule has 0 amide bonds. The Kier molecular flexibility index (Phi) is 2.96. The van der Waals surface area contributed by atoms with Crippen molar-refractivity contribution >= 4 is 5.95 Å². The molecule has 2 rings (SSSR count). The van der Waals surface area contributed by atoms with Crippen LogP contribution in [-0.2, 0) is 0 Å². The fourth-order valence-corrected chi connectivity index (χ4v) is 1.56. The molecule has 16 heavy (non-hydrogen) atoms. The maximum atomic E-state index is 9.18. The van der Waals surface area contributed by atoms with Crippen molar-refractivity contribution in [2.45, 2.75) is 19.8 Å². The molecule has 1 heterocycles. The predicted molar refractivity (Wildman–Crippen MR) is 60.6 cm³/mol. The largest absolute Gasteiger partial charge is 0.481 e. The number of methoxy groups -OCH3 is 1. The monoisotopic (exact) mass is 223 g/mol. The number of aryl methyl sites for hydroxylation is 1. The summed E-state index contributed by atoms with van der Waals surface area (Å²) < 4.78 is 5.07. The smallest absolute Gasteiger partial charge is 0.226 e. The SMILES string of the molecule is COc1cc(C)nc(NCC2(CO)CC2)n1. The van der Waals surface area contributed by atoms with Gasteiger partial charge in [-0.1, -0.05) is 0 Å². The fourth-order valence-electron chi connectivity index (χ4n) is 1.56. The lowest BCUT2D eigenvalue weighted by atomic mass is 10.1. The molecule has 0 unspecified atom stereocenters. The number of ether oxygens (including phenoxy) is 1. The van der Waals surface area contributed by atoms with Gasteiger partial charge in [0.2, 0.25) is 11.8 Å². The summed E-state index contributed by atoms with van der Waals surface area (Å²) in [7, 11) is 1.58. The fraction of sp³-hybridized carbons (Fsp3) is 0.636. The first-order chi connectivity index (χ1) is 7.67. The standard InChI is InChI=1S/C11H17N3O2/c1-8-5-9(16-2)14-10(13-8)12-6-11(7-15)3-4-11/h5,15H,3-4,6-7H2,1-2H3,(H,12,13,14). The van der Waals surface area contributed by atoms with Crippen molar-refractivity contribution in [3.8, 4) is 5.88 Å². The van der Waals surface area contributed by atoms with Crippen molar-refractivity contribution < 1.29 is 9.84 Å². The Hall–Kier alpha value is -1.36. The van der Waals surface area contributed by atoms with Crippen molar-refractivity contribution in [3.05, 3.63) is 11.8 Å². The zero-order chi connectivity index (χ0) is 11.6. The van der Waals surface area contributed by atoms with Crippen LogP contribution < -0.4 is 10.1 Å². The molecule has 1 fully saturated rings. The van der Waals surface area contributed by atoms with Gasteiger partial charge in [-0.05, 0) is 19.8 Å². The van der Waals surface area contributed by atoms with Crippen molar-refractivity contribution in [2.24, 2.45) is 5.41 Å². The lowest BCUT2D eigenvalue weighted by Gasteiger charge is -2.13. The zero-order valence-electron chi connectivity index (χ0n) is 9.66. The van der Waals surface area contributed by atoms with E-state index in [-0.39, 0.29) is 12.0 Å². The molecule has 5 heteroatoms. The van der Waals surface area contributed by atoms with Crippen molar-refractivity contribution in [2.75, 3.05) is 25.6 Å². The minimum absolute atomic E-state index is 0.0559. The summed E-state index contributed by atoms with van der Waals surface area (Å²) >= 11 is 0. The van der Waals surface area contributed by atoms with Gasteiger partial charge in [0.05, 0.1) is 13.7 Å². The van der Waals surface area contributed by atoms with Crippen LogP contribution in [0.5, 0.6) is 5.88 Å². The highest BCUT2D eigenvalue weighted by Crippen LogP contribution is 2.44. The highest BCUT2D eigenvalue weighted by Gasteiger charge is 2.41. The Morgan fingerprint density at radius 2 is 2.25 bits per heavy atom. The van der Waals surface area contributed by atoms with Gasteiger partial charge in [-0.3, -0.25) is 0 Å². The number of hydrogen-bond acceptors (Lipinski definition) is 5. The Morgan fingerprint density at radius 3 is 2.81 bits per heavy atom. The maximum absolute atomic E-state index is 9.18. The number of hydrogen-bond donors (Lipinski definition) is 2. The third kappa shape index (κ3) is 2.41. The van der Waals surface area contributed by atoms with Crippen LogP contribution in [0.2, 0.25) is 0 Å². The van der Waals surface area contributed by atoms with E-state index in [1.54, 1.807) is 13.2 Å². The van der Waals surface area contributed by atoms with Gasteiger partial charge in [0.15, 0.2) is 0 Å². The third-order valence-corrected chi connectivity index (χ3v) is 2.95. The van der Waals surface area contributed by atoms with Crippen molar-refractivity contribution in [3.63, 3.8) is 0 Å². The molecule has 1 saturated carbocycles. The number of aliphatic hydroxyl groups excluding tert-OH is 1. The summed E-state index contributed by atoms with van der Waals surface area (Å²) in [4.78, 5) is 8.45. The zero-order valence-corrected chi connectivity index (χ0v) is 9.66. The second-order valence-electron chi connectivity index (χ2n) is 4.39. The number of rotatable bonds is 5. The maximum Gasteiger partial charge on any atom is 0.226 e. The van der Waals surface area contributed by atoms with Gasteiger partial charge in [0.1, 0.15) is 0 Å². The summed E-state index contributed by atoms with van der Waals surface area (Å²) in [5.74, 6) is 1.13. The molecule has 0 aliphatic heterocycles. The van der Waals surface area contributed by atoms with Crippen LogP contribution in [-0.4, -0.2) is 35.3 Å². The number of aliphatic hydroxyl groups is 1. The number of aromatic nitrogens is 2. The number of nitrogens with zero attached hydrogens (tertiary/aromatic N) is 2. The highest BCUT2D eigenvalue weighted by molar-refractivity contribution is 5.31. The lowest BCUT2D eigenvalue weighted by molar-refractivity contribution is 0.219. The van der Waals surface area contributed by atoms with E-state index in [9.17, 15) is 5.11 Å². The summed E-state index contributed by atoms with van der Waals surface area (Å²) in [6.45, 7) is 2.84. The Bertz CT molecular complexity index is 377. The molecule has 0 bridgehead atoms. The Labute approximate surface area is 94.9 Å². The average Bonchev–Trinajstić information content (AvgIpc) is 3.06. The Balaban J connectivity index is 2.01. The summed E-state index contributed by atoms with van der Waals surface area (Å²) in [5.41, 5.74) is 0.920. The van der Waals surface area contributed by atoms with Crippen LogP contribution in [0.25, 0.3) is 0 Å². The molecule has 0 saturated heterocycles. The molecule has 2 N–H and O–H groups in total. The normalized spacial score (nSPS) is 16.9. The van der Waals surface area contributed by atoms with E-state index in [2.05, 4.69) is 15.3 Å². The molecular weight excluding hydrogens is 206 g/mol. The van der Waals surface area contributed by atoms with Gasteiger partial charge in [0, 0.05) is 23.7 Å². The van der Waals surface area contributed by atoms with Crippen LogP contribution in [0.15, 0.2) is 6.07 Å². The van der Waals surface area contributed by atoms with Crippen LogP contribution in [0.3, 0.4) is 0 Å². The summed E-state index contributed by atoms with van der Waals surface area (Å²) in [5, 5.41) is 12.3. The predicted octanol–water partition coefficient (Wildman–Crippen LogP) is 0.978.